The van der Waals surface area contributed by atoms with Gasteiger partial charge in [0.05, 0.1) is 0 Å². The fourth-order valence-corrected chi connectivity index (χ4v) is 0.642. The van der Waals surface area contributed by atoms with Crippen LogP contribution in [-0.4, -0.2) is 0 Å². The van der Waals surface area contributed by atoms with Gasteiger partial charge in [0.1, 0.15) is 0 Å². The second-order valence-electron chi connectivity index (χ2n) is 1.92. The molecule has 0 aliphatic carbocycles. The molecule has 82 valence electrons. The summed E-state index contributed by atoms with van der Waals surface area (Å²) in [5, 5.41) is 0. The molecule has 0 saturated heterocycles. The summed E-state index contributed by atoms with van der Waals surface area (Å²) in [4.78, 5) is 0. The van der Waals surface area contributed by atoms with Gasteiger partial charge >= 0.3 is 37.1 Å². The van der Waals surface area contributed by atoms with Crippen LogP contribution in [0.4, 0.5) is 0 Å². The van der Waals surface area contributed by atoms with Crippen LogP contribution in [0.5, 0.6) is 0 Å². The van der Waals surface area contributed by atoms with Crippen LogP contribution in [0, 0.1) is 0 Å². The first-order valence-corrected chi connectivity index (χ1v) is 3.33. The average molecular weight is 338 g/mol. The summed E-state index contributed by atoms with van der Waals surface area (Å²) in [5.74, 6) is 0. The molecular weight excluding hydrogens is 328 g/mol. The van der Waals surface area contributed by atoms with E-state index in [0.717, 1.165) is 0 Å². The largest absolute Gasteiger partial charge is 2.00 e. The number of hydrogen-bond donors (Lipinski definition) is 0. The van der Waals surface area contributed by atoms with Crippen LogP contribution >= 0.6 is 0 Å². The van der Waals surface area contributed by atoms with Crippen LogP contribution in [-0.2, 0) is 37.1 Å². The topological polar surface area (TPSA) is 0 Å². The molecule has 0 aromatic heterocycles. The third kappa shape index (κ3) is 20.7. The van der Waals surface area contributed by atoms with E-state index < -0.39 is 0 Å². The average Bonchev–Trinajstić information content (AvgIpc) is 2.67. The molecule has 0 amide bonds. The van der Waals surface area contributed by atoms with Crippen molar-refractivity contribution in [3.63, 3.8) is 0 Å². The quantitative estimate of drug-likeness (QED) is 0.420. The van der Waals surface area contributed by atoms with E-state index in [1.807, 2.05) is 60.7 Å². The maximum atomic E-state index is 2.00. The second-order valence-corrected chi connectivity index (χ2v) is 1.92. The van der Waals surface area contributed by atoms with E-state index in [1.54, 1.807) is 0 Å². The fourth-order valence-electron chi connectivity index (χ4n) is 0.642. The molecule has 2 aromatic carbocycles. The molecule has 0 unspecified atom stereocenters. The molecule has 0 bridgehead atoms. The van der Waals surface area contributed by atoms with E-state index in [0.29, 0.717) is 0 Å². The molecule has 2 rings (SSSR count). The van der Waals surface area contributed by atoms with Crippen molar-refractivity contribution < 1.29 is 74.3 Å². The van der Waals surface area contributed by atoms with Crippen LogP contribution in [0.3, 0.4) is 0 Å². The van der Waals surface area contributed by atoms with Gasteiger partial charge in [-0.1, -0.05) is 0 Å². The van der Waals surface area contributed by atoms with E-state index in [1.165, 1.54) is 0 Å². The van der Waals surface area contributed by atoms with Crippen molar-refractivity contribution in [2.45, 2.75) is 0 Å². The third-order valence-electron chi connectivity index (χ3n) is 1.11. The monoisotopic (exact) mass is 337 g/mol. The summed E-state index contributed by atoms with van der Waals surface area (Å²) in [6.45, 7) is 0. The van der Waals surface area contributed by atoms with E-state index in [9.17, 15) is 0 Å². The van der Waals surface area contributed by atoms with E-state index in [2.05, 4.69) is 0 Å². The zero-order valence-corrected chi connectivity index (χ0v) is 12.9. The molecular formula is C10H10Cl3V2-. The molecule has 15 heavy (non-hydrogen) atoms. The molecule has 2 radical (unpaired) electrons. The van der Waals surface area contributed by atoms with Crippen molar-refractivity contribution in [1.29, 1.82) is 0 Å². The first-order valence-electron chi connectivity index (χ1n) is 3.33. The van der Waals surface area contributed by atoms with Gasteiger partial charge in [0.25, 0.3) is 0 Å². The van der Waals surface area contributed by atoms with E-state index in [4.69, 9.17) is 0 Å². The van der Waals surface area contributed by atoms with Crippen LogP contribution < -0.4 is 37.2 Å². The van der Waals surface area contributed by atoms with Crippen molar-refractivity contribution in [2.24, 2.45) is 0 Å². The predicted molar refractivity (Wildman–Crippen MR) is 44.1 cm³/mol. The first-order chi connectivity index (χ1) is 5.00. The Morgan fingerprint density at radius 1 is 0.467 bits per heavy atom. The Bertz CT molecular complexity index is 158. The fraction of sp³-hybridized carbons (Fsp3) is 0. The predicted octanol–water partition coefficient (Wildman–Crippen LogP) is -6.18. The van der Waals surface area contributed by atoms with Crippen molar-refractivity contribution in [1.82, 2.24) is 0 Å². The summed E-state index contributed by atoms with van der Waals surface area (Å²) < 4.78 is 0. The van der Waals surface area contributed by atoms with Crippen molar-refractivity contribution in [3.8, 4) is 0 Å². The Balaban J connectivity index is -0.0000000333. The Hall–Kier alpha value is 0.739. The molecule has 0 atom stereocenters. The van der Waals surface area contributed by atoms with Crippen LogP contribution in [0.15, 0.2) is 60.7 Å². The molecule has 0 spiro atoms. The Kier molecular flexibility index (Phi) is 47.7. The van der Waals surface area contributed by atoms with Gasteiger partial charge in [0.2, 0.25) is 0 Å². The zero-order valence-electron chi connectivity index (χ0n) is 7.80. The summed E-state index contributed by atoms with van der Waals surface area (Å²) in [6, 6.07) is 20.0. The second kappa shape index (κ2) is 24.1. The summed E-state index contributed by atoms with van der Waals surface area (Å²) in [6.07, 6.45) is 0. The molecule has 0 aliphatic heterocycles. The molecule has 2 aromatic rings. The van der Waals surface area contributed by atoms with Gasteiger partial charge in [-0.3, -0.25) is 0 Å². The number of rotatable bonds is 0. The van der Waals surface area contributed by atoms with E-state index >= 15 is 0 Å². The summed E-state index contributed by atoms with van der Waals surface area (Å²) in [5.41, 5.74) is 0. The number of halogens is 3. The molecule has 0 N–H and O–H groups in total. The minimum atomic E-state index is 0. The van der Waals surface area contributed by atoms with Gasteiger partial charge in [-0.15, -0.1) is 0 Å². The molecule has 0 fully saturated rings. The van der Waals surface area contributed by atoms with Gasteiger partial charge in [-0.05, 0) is 0 Å². The molecule has 0 aliphatic rings. The molecule has 5 heteroatoms. The van der Waals surface area contributed by atoms with Crippen LogP contribution in [0.2, 0.25) is 0 Å². The van der Waals surface area contributed by atoms with Gasteiger partial charge in [0.15, 0.2) is 0 Å². The maximum absolute atomic E-state index is 2.00. The van der Waals surface area contributed by atoms with Crippen molar-refractivity contribution >= 4 is 0 Å². The zero-order chi connectivity index (χ0) is 7.07. The molecule has 0 saturated carbocycles. The molecule has 0 heterocycles. The Morgan fingerprint density at radius 2 is 0.667 bits per heavy atom. The Labute approximate surface area is 134 Å². The van der Waals surface area contributed by atoms with Gasteiger partial charge in [0, 0.05) is 0 Å². The van der Waals surface area contributed by atoms with Crippen LogP contribution in [0.25, 0.3) is 0 Å². The van der Waals surface area contributed by atoms with Crippen molar-refractivity contribution in [2.75, 3.05) is 0 Å². The van der Waals surface area contributed by atoms with Gasteiger partial charge in [-0.25, -0.2) is 24.3 Å². The van der Waals surface area contributed by atoms with Gasteiger partial charge in [-0.2, -0.15) is 36.4 Å². The SMILES string of the molecule is [Cl-].[Cl-].[Cl-].[V+2].[V+2].c1cc[cH-]c1.c1cc[cH-]c1. The Morgan fingerprint density at radius 3 is 0.733 bits per heavy atom. The first kappa shape index (κ1) is 29.6. The summed E-state index contributed by atoms with van der Waals surface area (Å²) in [7, 11) is 0. The third-order valence-corrected chi connectivity index (χ3v) is 1.11. The smallest absolute Gasteiger partial charge is 1.00 e. The standard InChI is InChI=1S/2C5H5.3ClH.2V/c2*1-2-4-5-3-1;;;;;/h2*1-5H;3*1H;;/q2*-1;;;;2*+2/p-3. The summed E-state index contributed by atoms with van der Waals surface area (Å²) >= 11 is 0. The normalized spacial score (nSPS) is 5.33. The van der Waals surface area contributed by atoms with Gasteiger partial charge < -0.3 is 37.2 Å². The van der Waals surface area contributed by atoms with Crippen LogP contribution in [0.1, 0.15) is 0 Å². The van der Waals surface area contributed by atoms with E-state index in [-0.39, 0.29) is 74.3 Å². The molecule has 0 nitrogen and oxygen atoms in total. The minimum Gasteiger partial charge on any atom is -1.00 e. The number of hydrogen-bond acceptors (Lipinski definition) is 0. The van der Waals surface area contributed by atoms with Crippen molar-refractivity contribution in [3.05, 3.63) is 60.7 Å². The maximum Gasteiger partial charge on any atom is 2.00 e. The minimum absolute atomic E-state index is 0.